The van der Waals surface area contributed by atoms with Crippen molar-refractivity contribution in [3.63, 3.8) is 0 Å². The van der Waals surface area contributed by atoms with Gasteiger partial charge in [0.1, 0.15) is 5.60 Å². The Labute approximate surface area is 53.9 Å². The van der Waals surface area contributed by atoms with E-state index in [1.165, 1.54) is 6.92 Å². The molecule has 0 aromatic heterocycles. The van der Waals surface area contributed by atoms with Crippen LogP contribution in [0.2, 0.25) is 0 Å². The molecule has 1 N–H and O–H groups in total. The first kappa shape index (κ1) is 8.38. The molecule has 9 heavy (non-hydrogen) atoms. The molecule has 1 atom stereocenters. The normalized spacial score (nSPS) is 16.2. The quantitative estimate of drug-likeness (QED) is 0.581. The van der Waals surface area contributed by atoms with E-state index < -0.39 is 12.3 Å². The van der Waals surface area contributed by atoms with Crippen molar-refractivity contribution in [2.24, 2.45) is 0 Å². The predicted octanol–water partition coefficient (Wildman–Crippen LogP) is 1.01. The first-order chi connectivity index (χ1) is 4.12. The van der Waals surface area contributed by atoms with Gasteiger partial charge in [-0.15, -0.1) is 0 Å². The van der Waals surface area contributed by atoms with Gasteiger partial charge in [-0.05, 0) is 19.8 Å². The zero-order chi connectivity index (χ0) is 7.33. The van der Waals surface area contributed by atoms with Crippen molar-refractivity contribution in [1.29, 1.82) is 5.26 Å². The van der Waals surface area contributed by atoms with Gasteiger partial charge in [0.25, 0.3) is 0 Å². The van der Waals surface area contributed by atoms with E-state index in [0.29, 0.717) is 0 Å². The molecule has 0 heterocycles. The lowest BCUT2D eigenvalue weighted by atomic mass is 10.0. The number of halogens is 1. The number of nitrogens with zero attached hydrogens (tertiary/aromatic N) is 1. The summed E-state index contributed by atoms with van der Waals surface area (Å²) in [5.74, 6) is 0. The van der Waals surface area contributed by atoms with Crippen LogP contribution in [0, 0.1) is 11.3 Å². The third-order valence-electron chi connectivity index (χ3n) is 1.04. The van der Waals surface area contributed by atoms with Gasteiger partial charge in [0, 0.05) is 0 Å². The highest BCUT2D eigenvalue weighted by molar-refractivity contribution is 4.95. The van der Waals surface area contributed by atoms with E-state index in [2.05, 4.69) is 0 Å². The minimum Gasteiger partial charge on any atom is -0.376 e. The average Bonchev–Trinajstić information content (AvgIpc) is 1.84. The third kappa shape index (κ3) is 3.92. The van der Waals surface area contributed by atoms with E-state index in [9.17, 15) is 4.39 Å². The number of alkyl halides is 1. The van der Waals surface area contributed by atoms with Crippen LogP contribution in [-0.4, -0.2) is 17.4 Å². The fourth-order valence-electron chi connectivity index (χ4n) is 0.467. The van der Waals surface area contributed by atoms with Gasteiger partial charge in [-0.1, -0.05) is 0 Å². The molecule has 0 saturated carbocycles. The SMILES string of the molecule is CC(O)(C#N)CCCF. The van der Waals surface area contributed by atoms with Crippen molar-refractivity contribution >= 4 is 0 Å². The van der Waals surface area contributed by atoms with Crippen LogP contribution in [0.4, 0.5) is 4.39 Å². The lowest BCUT2D eigenvalue weighted by Crippen LogP contribution is -2.20. The smallest absolute Gasteiger partial charge is 0.148 e. The summed E-state index contributed by atoms with van der Waals surface area (Å²) in [5.41, 5.74) is -1.34. The molecule has 0 aromatic rings. The number of hydrogen-bond acceptors (Lipinski definition) is 2. The summed E-state index contributed by atoms with van der Waals surface area (Å²) in [5, 5.41) is 17.1. The molecule has 0 saturated heterocycles. The van der Waals surface area contributed by atoms with Gasteiger partial charge in [-0.2, -0.15) is 5.26 Å². The minimum atomic E-state index is -1.34. The summed E-state index contributed by atoms with van der Waals surface area (Å²) < 4.78 is 11.4. The maximum absolute atomic E-state index is 11.4. The Morgan fingerprint density at radius 1 is 1.78 bits per heavy atom. The van der Waals surface area contributed by atoms with E-state index in [4.69, 9.17) is 10.4 Å². The molecular formula is C6H10FNO. The maximum atomic E-state index is 11.4. The van der Waals surface area contributed by atoms with Gasteiger partial charge in [-0.25, -0.2) is 0 Å². The average molecular weight is 131 g/mol. The lowest BCUT2D eigenvalue weighted by Gasteiger charge is -2.10. The van der Waals surface area contributed by atoms with E-state index in [-0.39, 0.29) is 12.8 Å². The highest BCUT2D eigenvalue weighted by Gasteiger charge is 2.17. The number of aliphatic hydroxyl groups is 1. The van der Waals surface area contributed by atoms with Crippen LogP contribution >= 0.6 is 0 Å². The molecule has 0 aromatic carbocycles. The van der Waals surface area contributed by atoms with Crippen LogP contribution in [0.25, 0.3) is 0 Å². The van der Waals surface area contributed by atoms with Crippen molar-refractivity contribution < 1.29 is 9.50 Å². The molecule has 1 unspecified atom stereocenters. The molecule has 0 aliphatic carbocycles. The maximum Gasteiger partial charge on any atom is 0.148 e. The van der Waals surface area contributed by atoms with Crippen LogP contribution < -0.4 is 0 Å². The molecule has 0 aliphatic rings. The third-order valence-corrected chi connectivity index (χ3v) is 1.04. The molecule has 52 valence electrons. The largest absolute Gasteiger partial charge is 0.376 e. The Balaban J connectivity index is 3.49. The Kier molecular flexibility index (Phi) is 3.18. The van der Waals surface area contributed by atoms with Crippen molar-refractivity contribution in [2.45, 2.75) is 25.4 Å². The highest BCUT2D eigenvalue weighted by Crippen LogP contribution is 2.09. The van der Waals surface area contributed by atoms with E-state index in [0.717, 1.165) is 0 Å². The fraction of sp³-hybridized carbons (Fsp3) is 0.833. The van der Waals surface area contributed by atoms with Gasteiger partial charge in [-0.3, -0.25) is 4.39 Å². The first-order valence-electron chi connectivity index (χ1n) is 2.82. The van der Waals surface area contributed by atoms with E-state index >= 15 is 0 Å². The zero-order valence-electron chi connectivity index (χ0n) is 5.39. The topological polar surface area (TPSA) is 44.0 Å². The molecule has 0 amide bonds. The first-order valence-corrected chi connectivity index (χ1v) is 2.82. The van der Waals surface area contributed by atoms with Crippen LogP contribution in [0.3, 0.4) is 0 Å². The lowest BCUT2D eigenvalue weighted by molar-refractivity contribution is 0.105. The van der Waals surface area contributed by atoms with Crippen molar-refractivity contribution in [3.05, 3.63) is 0 Å². The van der Waals surface area contributed by atoms with E-state index in [1.807, 2.05) is 0 Å². The van der Waals surface area contributed by atoms with E-state index in [1.54, 1.807) is 6.07 Å². The second-order valence-corrected chi connectivity index (χ2v) is 2.18. The fourth-order valence-corrected chi connectivity index (χ4v) is 0.467. The summed E-state index contributed by atoms with van der Waals surface area (Å²) in [7, 11) is 0. The van der Waals surface area contributed by atoms with Gasteiger partial charge >= 0.3 is 0 Å². The molecule has 0 rings (SSSR count). The van der Waals surface area contributed by atoms with Crippen LogP contribution in [0.5, 0.6) is 0 Å². The summed E-state index contributed by atoms with van der Waals surface area (Å²) in [6, 6.07) is 1.66. The Morgan fingerprint density at radius 2 is 2.33 bits per heavy atom. The van der Waals surface area contributed by atoms with Crippen molar-refractivity contribution in [1.82, 2.24) is 0 Å². The van der Waals surface area contributed by atoms with Crippen molar-refractivity contribution in [2.75, 3.05) is 6.67 Å². The summed E-state index contributed by atoms with van der Waals surface area (Å²) in [4.78, 5) is 0. The Bertz CT molecular complexity index is 117. The standard InChI is InChI=1S/C6H10FNO/c1-6(9,5-8)3-2-4-7/h9H,2-4H2,1H3. The van der Waals surface area contributed by atoms with Crippen LogP contribution in [0.15, 0.2) is 0 Å². The number of rotatable bonds is 3. The number of hydrogen-bond donors (Lipinski definition) is 1. The highest BCUT2D eigenvalue weighted by atomic mass is 19.1. The van der Waals surface area contributed by atoms with Gasteiger partial charge < -0.3 is 5.11 Å². The monoisotopic (exact) mass is 131 g/mol. The molecule has 3 heteroatoms. The molecule has 2 nitrogen and oxygen atoms in total. The summed E-state index contributed by atoms with van der Waals surface area (Å²) >= 11 is 0. The second-order valence-electron chi connectivity index (χ2n) is 2.18. The predicted molar refractivity (Wildman–Crippen MR) is 31.4 cm³/mol. The number of nitriles is 1. The minimum absolute atomic E-state index is 0.208. The van der Waals surface area contributed by atoms with Crippen molar-refractivity contribution in [3.8, 4) is 6.07 Å². The summed E-state index contributed by atoms with van der Waals surface area (Å²) in [6.07, 6.45) is 0.459. The summed E-state index contributed by atoms with van der Waals surface area (Å²) in [6.45, 7) is 0.903. The molecule has 0 aliphatic heterocycles. The molecule has 0 fully saturated rings. The van der Waals surface area contributed by atoms with Crippen LogP contribution in [-0.2, 0) is 0 Å². The Hall–Kier alpha value is -0.620. The molecular weight excluding hydrogens is 121 g/mol. The Morgan fingerprint density at radius 3 is 2.67 bits per heavy atom. The van der Waals surface area contributed by atoms with Gasteiger partial charge in [0.15, 0.2) is 0 Å². The van der Waals surface area contributed by atoms with Gasteiger partial charge in [0.2, 0.25) is 0 Å². The molecule has 0 radical (unpaired) electrons. The molecule has 0 bridgehead atoms. The van der Waals surface area contributed by atoms with Crippen LogP contribution in [0.1, 0.15) is 19.8 Å². The zero-order valence-corrected chi connectivity index (χ0v) is 5.39. The second kappa shape index (κ2) is 3.41. The van der Waals surface area contributed by atoms with Gasteiger partial charge in [0.05, 0.1) is 12.7 Å². The molecule has 0 spiro atoms.